The van der Waals surface area contributed by atoms with Crippen molar-refractivity contribution in [2.24, 2.45) is 0 Å². The van der Waals surface area contributed by atoms with E-state index in [4.69, 9.17) is 28.3 Å². The summed E-state index contributed by atoms with van der Waals surface area (Å²) in [5.41, 5.74) is 0. The van der Waals surface area contributed by atoms with Crippen molar-refractivity contribution < 1.29 is 28.3 Å². The van der Waals surface area contributed by atoms with Gasteiger partial charge in [0.25, 0.3) is 0 Å². The van der Waals surface area contributed by atoms with E-state index in [2.05, 4.69) is 0 Å². The molecule has 0 aromatic heterocycles. The van der Waals surface area contributed by atoms with Gasteiger partial charge in [0.15, 0.2) is 0 Å². The van der Waals surface area contributed by atoms with Crippen LogP contribution in [0.3, 0.4) is 0 Å². The minimum absolute atomic E-state index is 0. The molecule has 9 heavy (non-hydrogen) atoms. The monoisotopic (exact) mass is 172 g/mol. The Bertz CT molecular complexity index is 69.1. The Morgan fingerprint density at radius 2 is 1.22 bits per heavy atom. The van der Waals surface area contributed by atoms with E-state index in [0.29, 0.717) is 0 Å². The van der Waals surface area contributed by atoms with Crippen LogP contribution in [0.2, 0.25) is 0 Å². The molecule has 0 saturated heterocycles. The molecule has 0 amide bonds. The van der Waals surface area contributed by atoms with Crippen molar-refractivity contribution in [1.82, 2.24) is 0 Å². The molecule has 2 radical (unpaired) electrons. The zero-order valence-electron chi connectivity index (χ0n) is 3.77. The third-order valence-corrected chi connectivity index (χ3v) is 0. The van der Waals surface area contributed by atoms with Crippen LogP contribution in [0, 0.1) is 0 Å². The Hall–Kier alpha value is -0.310. The van der Waals surface area contributed by atoms with Gasteiger partial charge in [0.2, 0.25) is 0 Å². The van der Waals surface area contributed by atoms with E-state index in [1.807, 2.05) is 0 Å². The van der Waals surface area contributed by atoms with Gasteiger partial charge in [-0.05, 0) is 6.16 Å². The summed E-state index contributed by atoms with van der Waals surface area (Å²) in [6, 6.07) is 0. The molecule has 6 nitrogen and oxygen atoms in total. The molecule has 8 heteroatoms. The molecule has 0 bridgehead atoms. The number of carbonyl (C=O) groups excluding carboxylic acids is 1. The molecule has 0 fully saturated rings. The molecule has 0 aliphatic carbocycles. The van der Waals surface area contributed by atoms with Crippen molar-refractivity contribution in [2.75, 3.05) is 0 Å². The molecule has 0 saturated carbocycles. The molecule has 0 heterocycles. The summed E-state index contributed by atoms with van der Waals surface area (Å²) in [6.07, 6.45) is -2.33. The topological polar surface area (TPSA) is 126 Å². The Balaban J connectivity index is -0.0000000720. The predicted molar refractivity (Wildman–Crippen MR) is 22.7 cm³/mol. The van der Waals surface area contributed by atoms with E-state index in [1.54, 1.807) is 0 Å². The first kappa shape index (κ1) is 15.9. The van der Waals surface area contributed by atoms with Crippen LogP contribution in [0.5, 0.6) is 0 Å². The average molecular weight is 172 g/mol. The molecule has 0 rings (SSSR count). The summed E-state index contributed by atoms with van der Waals surface area (Å²) in [6.45, 7) is 0. The first-order chi connectivity index (χ1) is 3.46. The van der Waals surface area contributed by atoms with Crippen LogP contribution >= 0.6 is 13.5 Å². The zero-order chi connectivity index (χ0) is 7.15. The molecule has 0 aromatic carbocycles. The standard InChI is InChI=1S/CH2O3.H2O3S.S/c2-1(3)4;1-4(2)3;/h(H2,2,3,4);(H2,1,2,3);/q;;+4/p-4. The van der Waals surface area contributed by atoms with Gasteiger partial charge in [-0.15, -0.1) is 11.4 Å². The Morgan fingerprint density at radius 1 is 1.22 bits per heavy atom. The molecular weight excluding hydrogens is 172 g/mol. The third-order valence-electron chi connectivity index (χ3n) is 0. The summed E-state index contributed by atoms with van der Waals surface area (Å²) in [4.78, 5) is 8.33. The second kappa shape index (κ2) is 10.6. The van der Waals surface area contributed by atoms with Crippen LogP contribution in [-0.4, -0.2) is 19.5 Å². The fourth-order valence-electron chi connectivity index (χ4n) is 0. The fraction of sp³-hybridized carbons (Fsp3) is 0. The van der Waals surface area contributed by atoms with Crippen molar-refractivity contribution in [1.29, 1.82) is 0 Å². The second-order valence-electron chi connectivity index (χ2n) is 0.454. The van der Waals surface area contributed by atoms with E-state index in [-0.39, 0.29) is 13.5 Å². The van der Waals surface area contributed by atoms with Gasteiger partial charge in [0, 0.05) is 0 Å². The summed E-state index contributed by atoms with van der Waals surface area (Å²) >= 11 is -3.11. The maximum Gasteiger partial charge on any atom is 4.00 e. The second-order valence-corrected chi connectivity index (χ2v) is 0.862. The van der Waals surface area contributed by atoms with Crippen LogP contribution < -0.4 is 10.2 Å². The van der Waals surface area contributed by atoms with Gasteiger partial charge in [0.05, 0.1) is 0 Å². The molecular formula is CO6S2. The average Bonchev–Trinajstić information content (AvgIpc) is 1.25. The number of carbonyl (C=O) groups is 1. The van der Waals surface area contributed by atoms with Gasteiger partial charge in [-0.2, -0.15) is 0 Å². The number of rotatable bonds is 0. The van der Waals surface area contributed by atoms with Crippen LogP contribution in [0.25, 0.3) is 0 Å². The molecule has 0 aromatic rings. The van der Waals surface area contributed by atoms with Crippen molar-refractivity contribution in [2.45, 2.75) is 0 Å². The largest absolute Gasteiger partial charge is 4.00 e. The van der Waals surface area contributed by atoms with Gasteiger partial charge >= 0.3 is 13.5 Å². The maximum absolute atomic E-state index is 8.44. The first-order valence-electron chi connectivity index (χ1n) is 1.11. The molecule has 0 atom stereocenters. The molecule has 0 aliphatic heterocycles. The smallest absolute Gasteiger partial charge is 0.784 e. The minimum Gasteiger partial charge on any atom is -0.784 e. The van der Waals surface area contributed by atoms with E-state index in [0.717, 1.165) is 0 Å². The Morgan fingerprint density at radius 3 is 1.22 bits per heavy atom. The summed E-state index contributed by atoms with van der Waals surface area (Å²) < 4.78 is 25.3. The quantitative estimate of drug-likeness (QED) is 0.363. The number of carboxylic acid groups (broad SMARTS) is 2. The van der Waals surface area contributed by atoms with Crippen molar-refractivity contribution in [3.63, 3.8) is 0 Å². The number of hydrogen-bond donors (Lipinski definition) is 0. The van der Waals surface area contributed by atoms with Crippen molar-refractivity contribution in [3.05, 3.63) is 0 Å². The maximum atomic E-state index is 8.44. The summed E-state index contributed by atoms with van der Waals surface area (Å²) in [5, 5.41) is 16.7. The molecule has 0 N–H and O–H groups in total. The summed E-state index contributed by atoms with van der Waals surface area (Å²) in [5.74, 6) is 0. The predicted octanol–water partition coefficient (Wildman–Crippen LogP) is -2.80. The van der Waals surface area contributed by atoms with Crippen molar-refractivity contribution >= 4 is 31.0 Å². The van der Waals surface area contributed by atoms with Gasteiger partial charge in [-0.25, -0.2) is 0 Å². The van der Waals surface area contributed by atoms with Gasteiger partial charge < -0.3 is 24.1 Å². The zero-order valence-corrected chi connectivity index (χ0v) is 5.40. The first-order valence-corrected chi connectivity index (χ1v) is 2.11. The fourth-order valence-corrected chi connectivity index (χ4v) is 0. The molecule has 52 valence electrons. The SMILES string of the molecule is O=C([O-])[O-].O=S([O-])[O-].[S+4]. The van der Waals surface area contributed by atoms with E-state index in [1.165, 1.54) is 0 Å². The molecule has 0 unspecified atom stereocenters. The van der Waals surface area contributed by atoms with E-state index < -0.39 is 17.5 Å². The van der Waals surface area contributed by atoms with Crippen LogP contribution in [0.15, 0.2) is 0 Å². The Labute approximate surface area is 60.1 Å². The normalized spacial score (nSPS) is 6.56. The number of hydrogen-bond acceptors (Lipinski definition) is 6. The summed E-state index contributed by atoms with van der Waals surface area (Å²) in [7, 11) is 0. The van der Waals surface area contributed by atoms with E-state index >= 15 is 0 Å². The van der Waals surface area contributed by atoms with E-state index in [9.17, 15) is 0 Å². The van der Waals surface area contributed by atoms with Crippen LogP contribution in [0.1, 0.15) is 0 Å². The van der Waals surface area contributed by atoms with Crippen LogP contribution in [-0.2, 0) is 11.4 Å². The van der Waals surface area contributed by atoms with Crippen LogP contribution in [0.4, 0.5) is 4.79 Å². The van der Waals surface area contributed by atoms with Gasteiger partial charge in [0.1, 0.15) is 0 Å². The van der Waals surface area contributed by atoms with Gasteiger partial charge in [-0.3, -0.25) is 4.21 Å². The Kier molecular flexibility index (Phi) is 18.7. The minimum atomic E-state index is -3.11. The van der Waals surface area contributed by atoms with Gasteiger partial charge in [-0.1, -0.05) is 0 Å². The van der Waals surface area contributed by atoms with Crippen molar-refractivity contribution in [3.8, 4) is 0 Å². The molecule has 0 aliphatic rings. The third kappa shape index (κ3) is 2590. The molecule has 0 spiro atoms.